The molecule has 0 bridgehead atoms. The van der Waals surface area contributed by atoms with Crippen molar-refractivity contribution in [1.29, 1.82) is 0 Å². The van der Waals surface area contributed by atoms with Crippen molar-refractivity contribution >= 4 is 23.2 Å². The Hall–Kier alpha value is -0.240. The van der Waals surface area contributed by atoms with Gasteiger partial charge in [0.15, 0.2) is 0 Å². The molecule has 2 atom stereocenters. The highest BCUT2D eigenvalue weighted by Crippen LogP contribution is 2.31. The van der Waals surface area contributed by atoms with Crippen LogP contribution >= 0.6 is 23.2 Å². The summed E-state index contributed by atoms with van der Waals surface area (Å²) in [6.07, 6.45) is 4.71. The Morgan fingerprint density at radius 1 is 1.16 bits per heavy atom. The molecule has 0 fully saturated rings. The molecule has 1 rings (SSSR count). The molecular weight excluding hydrogens is 277 g/mol. The van der Waals surface area contributed by atoms with Crippen molar-refractivity contribution in [3.8, 4) is 0 Å². The average molecular weight is 302 g/mol. The Morgan fingerprint density at radius 2 is 1.89 bits per heavy atom. The van der Waals surface area contributed by atoms with Crippen molar-refractivity contribution in [3.63, 3.8) is 0 Å². The number of hydrogen-bond donors (Lipinski definition) is 1. The van der Waals surface area contributed by atoms with Crippen LogP contribution in [0.25, 0.3) is 0 Å². The fraction of sp³-hybridized carbons (Fsp3) is 0.625. The molecular formula is C16H25Cl2N. The molecule has 1 N–H and O–H groups in total. The first-order chi connectivity index (χ1) is 9.08. The zero-order valence-corrected chi connectivity index (χ0v) is 13.7. The van der Waals surface area contributed by atoms with Crippen LogP contribution in [0.5, 0.6) is 0 Å². The molecule has 0 aliphatic rings. The molecule has 0 aliphatic carbocycles. The highest BCUT2D eigenvalue weighted by Gasteiger charge is 2.17. The number of rotatable bonds is 8. The van der Waals surface area contributed by atoms with Crippen molar-refractivity contribution in [2.75, 3.05) is 6.54 Å². The Labute approximate surface area is 127 Å². The van der Waals surface area contributed by atoms with Gasteiger partial charge >= 0.3 is 0 Å². The van der Waals surface area contributed by atoms with Gasteiger partial charge in [0.2, 0.25) is 0 Å². The van der Waals surface area contributed by atoms with Gasteiger partial charge in [-0.15, -0.1) is 0 Å². The first-order valence-corrected chi connectivity index (χ1v) is 8.02. The van der Waals surface area contributed by atoms with E-state index in [0.717, 1.165) is 35.0 Å². The van der Waals surface area contributed by atoms with Crippen LogP contribution in [0.15, 0.2) is 18.2 Å². The van der Waals surface area contributed by atoms with Crippen LogP contribution in [-0.4, -0.2) is 6.54 Å². The van der Waals surface area contributed by atoms with Gasteiger partial charge < -0.3 is 5.32 Å². The highest BCUT2D eigenvalue weighted by molar-refractivity contribution is 6.33. The fourth-order valence-electron chi connectivity index (χ4n) is 2.43. The van der Waals surface area contributed by atoms with Gasteiger partial charge in [-0.2, -0.15) is 0 Å². The van der Waals surface area contributed by atoms with E-state index in [2.05, 4.69) is 26.1 Å². The summed E-state index contributed by atoms with van der Waals surface area (Å²) in [5, 5.41) is 5.16. The molecule has 19 heavy (non-hydrogen) atoms. The van der Waals surface area contributed by atoms with Gasteiger partial charge in [-0.05, 0) is 49.1 Å². The van der Waals surface area contributed by atoms with Crippen LogP contribution in [0.4, 0.5) is 0 Å². The van der Waals surface area contributed by atoms with Crippen LogP contribution < -0.4 is 5.32 Å². The van der Waals surface area contributed by atoms with E-state index in [-0.39, 0.29) is 0 Å². The third kappa shape index (κ3) is 5.72. The van der Waals surface area contributed by atoms with Crippen molar-refractivity contribution in [3.05, 3.63) is 33.8 Å². The summed E-state index contributed by atoms with van der Waals surface area (Å²) < 4.78 is 0. The molecule has 1 nitrogen and oxygen atoms in total. The molecule has 108 valence electrons. The number of nitrogens with one attached hydrogen (secondary N) is 1. The summed E-state index contributed by atoms with van der Waals surface area (Å²) in [5.41, 5.74) is 1.13. The lowest BCUT2D eigenvalue weighted by Gasteiger charge is -2.23. The number of benzene rings is 1. The second-order valence-electron chi connectivity index (χ2n) is 5.30. The van der Waals surface area contributed by atoms with Crippen molar-refractivity contribution in [2.45, 2.75) is 52.5 Å². The van der Waals surface area contributed by atoms with Crippen molar-refractivity contribution in [2.24, 2.45) is 5.92 Å². The van der Waals surface area contributed by atoms with Gasteiger partial charge in [0.05, 0.1) is 0 Å². The predicted molar refractivity (Wildman–Crippen MR) is 86.2 cm³/mol. The molecule has 0 aliphatic heterocycles. The fourth-order valence-corrected chi connectivity index (χ4v) is 2.86. The molecule has 0 amide bonds. The van der Waals surface area contributed by atoms with Gasteiger partial charge in [0.25, 0.3) is 0 Å². The van der Waals surface area contributed by atoms with Crippen LogP contribution in [0.2, 0.25) is 10.0 Å². The maximum absolute atomic E-state index is 6.33. The molecule has 0 saturated heterocycles. The Kier molecular flexibility index (Phi) is 7.82. The lowest BCUT2D eigenvalue weighted by atomic mass is 9.93. The number of hydrogen-bond acceptors (Lipinski definition) is 1. The SMILES string of the molecule is CCCNC(CC(C)CCC)c1cc(Cl)ccc1Cl. The molecule has 0 saturated carbocycles. The predicted octanol–water partition coefficient (Wildman–Crippen LogP) is 5.86. The van der Waals surface area contributed by atoms with E-state index >= 15 is 0 Å². The summed E-state index contributed by atoms with van der Waals surface area (Å²) >= 11 is 12.4. The number of halogens is 2. The monoisotopic (exact) mass is 301 g/mol. The Bertz CT molecular complexity index is 379. The quantitative estimate of drug-likeness (QED) is 0.634. The van der Waals surface area contributed by atoms with Crippen LogP contribution in [0.3, 0.4) is 0 Å². The summed E-state index contributed by atoms with van der Waals surface area (Å²) in [6, 6.07) is 6.03. The minimum atomic E-state index is 0.299. The zero-order valence-electron chi connectivity index (χ0n) is 12.2. The van der Waals surface area contributed by atoms with E-state index in [1.807, 2.05) is 18.2 Å². The van der Waals surface area contributed by atoms with Gasteiger partial charge in [-0.3, -0.25) is 0 Å². The van der Waals surface area contributed by atoms with Gasteiger partial charge in [-0.1, -0.05) is 56.8 Å². The van der Waals surface area contributed by atoms with E-state index in [1.54, 1.807) is 0 Å². The third-order valence-corrected chi connectivity index (χ3v) is 3.97. The molecule has 0 radical (unpaired) electrons. The molecule has 0 spiro atoms. The Morgan fingerprint density at radius 3 is 2.53 bits per heavy atom. The lowest BCUT2D eigenvalue weighted by Crippen LogP contribution is -2.24. The minimum absolute atomic E-state index is 0.299. The molecule has 0 heterocycles. The van der Waals surface area contributed by atoms with Gasteiger partial charge in [-0.25, -0.2) is 0 Å². The van der Waals surface area contributed by atoms with E-state index < -0.39 is 0 Å². The van der Waals surface area contributed by atoms with Gasteiger partial charge in [0, 0.05) is 16.1 Å². The molecule has 0 aromatic heterocycles. The normalized spacial score (nSPS) is 14.4. The second-order valence-corrected chi connectivity index (χ2v) is 6.15. The third-order valence-electron chi connectivity index (χ3n) is 3.39. The molecule has 2 unspecified atom stereocenters. The van der Waals surface area contributed by atoms with Crippen LogP contribution in [0, 0.1) is 5.92 Å². The highest BCUT2D eigenvalue weighted by atomic mass is 35.5. The molecule has 1 aromatic carbocycles. The van der Waals surface area contributed by atoms with E-state index in [0.29, 0.717) is 12.0 Å². The largest absolute Gasteiger partial charge is 0.310 e. The Balaban J connectivity index is 2.85. The smallest absolute Gasteiger partial charge is 0.0454 e. The maximum Gasteiger partial charge on any atom is 0.0454 e. The first kappa shape index (κ1) is 16.8. The van der Waals surface area contributed by atoms with E-state index in [4.69, 9.17) is 23.2 Å². The summed E-state index contributed by atoms with van der Waals surface area (Å²) in [5.74, 6) is 0.689. The minimum Gasteiger partial charge on any atom is -0.310 e. The first-order valence-electron chi connectivity index (χ1n) is 7.26. The van der Waals surface area contributed by atoms with Crippen molar-refractivity contribution in [1.82, 2.24) is 5.32 Å². The average Bonchev–Trinajstić information content (AvgIpc) is 2.38. The second kappa shape index (κ2) is 8.84. The van der Waals surface area contributed by atoms with Crippen LogP contribution in [0.1, 0.15) is 58.1 Å². The molecule has 1 aromatic rings. The van der Waals surface area contributed by atoms with E-state index in [1.165, 1.54) is 12.8 Å². The lowest BCUT2D eigenvalue weighted by molar-refractivity contribution is 0.390. The molecule has 3 heteroatoms. The topological polar surface area (TPSA) is 12.0 Å². The van der Waals surface area contributed by atoms with E-state index in [9.17, 15) is 0 Å². The van der Waals surface area contributed by atoms with Gasteiger partial charge in [0.1, 0.15) is 0 Å². The summed E-state index contributed by atoms with van der Waals surface area (Å²) in [6.45, 7) is 7.73. The maximum atomic E-state index is 6.33. The summed E-state index contributed by atoms with van der Waals surface area (Å²) in [7, 11) is 0. The van der Waals surface area contributed by atoms with Crippen molar-refractivity contribution < 1.29 is 0 Å². The van der Waals surface area contributed by atoms with Crippen LogP contribution in [-0.2, 0) is 0 Å². The standard InChI is InChI=1S/C16H25Cl2N/c1-4-6-12(3)10-16(19-9-5-2)14-11-13(17)7-8-15(14)18/h7-8,11-12,16,19H,4-6,9-10H2,1-3H3. The summed E-state index contributed by atoms with van der Waals surface area (Å²) in [4.78, 5) is 0. The zero-order chi connectivity index (χ0) is 14.3.